The Morgan fingerprint density at radius 2 is 2.24 bits per heavy atom. The van der Waals surface area contributed by atoms with E-state index in [4.69, 9.17) is 11.6 Å². The molecule has 21 heavy (non-hydrogen) atoms. The van der Waals surface area contributed by atoms with Crippen molar-refractivity contribution < 1.29 is 13.5 Å². The fourth-order valence-electron chi connectivity index (χ4n) is 2.71. The van der Waals surface area contributed by atoms with Crippen LogP contribution >= 0.6 is 11.6 Å². The summed E-state index contributed by atoms with van der Waals surface area (Å²) >= 11 is 5.98. The van der Waals surface area contributed by atoms with Crippen LogP contribution in [0, 0.1) is 5.92 Å². The number of sulfonamides is 1. The lowest BCUT2D eigenvalue weighted by Gasteiger charge is -2.11. The average Bonchev–Trinajstić information content (AvgIpc) is 2.99. The normalized spacial score (nSPS) is 23.0. The van der Waals surface area contributed by atoms with E-state index in [-0.39, 0.29) is 22.2 Å². The number of rotatable bonds is 4. The molecule has 0 saturated heterocycles. The lowest BCUT2D eigenvalue weighted by atomic mass is 10.1. The summed E-state index contributed by atoms with van der Waals surface area (Å²) in [6, 6.07) is 5.18. The fourth-order valence-corrected chi connectivity index (χ4v) is 4.47. The van der Waals surface area contributed by atoms with E-state index in [1.54, 1.807) is 24.4 Å². The highest BCUT2D eigenvalue weighted by molar-refractivity contribution is 7.89. The SMILES string of the molecule is O=S(=O)(NCC1CCC(O)C1)c1c(Cl)nc2ccccn12. The van der Waals surface area contributed by atoms with Gasteiger partial charge in [-0.2, -0.15) is 0 Å². The van der Waals surface area contributed by atoms with Crippen LogP contribution in [-0.2, 0) is 10.0 Å². The number of nitrogens with one attached hydrogen (secondary N) is 1. The minimum Gasteiger partial charge on any atom is -0.393 e. The molecule has 2 unspecified atom stereocenters. The molecule has 1 aliphatic carbocycles. The highest BCUT2D eigenvalue weighted by Gasteiger charge is 2.28. The second-order valence-electron chi connectivity index (χ2n) is 5.32. The molecule has 0 radical (unpaired) electrons. The van der Waals surface area contributed by atoms with Gasteiger partial charge in [-0.25, -0.2) is 18.1 Å². The van der Waals surface area contributed by atoms with Crippen LogP contribution in [0.4, 0.5) is 0 Å². The van der Waals surface area contributed by atoms with E-state index >= 15 is 0 Å². The van der Waals surface area contributed by atoms with Gasteiger partial charge in [0.2, 0.25) is 0 Å². The van der Waals surface area contributed by atoms with Gasteiger partial charge in [-0.15, -0.1) is 0 Å². The summed E-state index contributed by atoms with van der Waals surface area (Å²) in [6.07, 6.45) is 3.47. The zero-order chi connectivity index (χ0) is 15.0. The minimum atomic E-state index is -3.74. The maximum absolute atomic E-state index is 12.4. The summed E-state index contributed by atoms with van der Waals surface area (Å²) in [6.45, 7) is 0.301. The second kappa shape index (κ2) is 5.57. The molecule has 2 aromatic heterocycles. The van der Waals surface area contributed by atoms with Gasteiger partial charge in [-0.3, -0.25) is 4.40 Å². The zero-order valence-corrected chi connectivity index (χ0v) is 12.8. The van der Waals surface area contributed by atoms with Crippen LogP contribution in [0.3, 0.4) is 0 Å². The van der Waals surface area contributed by atoms with Gasteiger partial charge >= 0.3 is 0 Å². The van der Waals surface area contributed by atoms with Crippen LogP contribution in [-0.4, -0.2) is 35.6 Å². The Morgan fingerprint density at radius 1 is 1.43 bits per heavy atom. The molecule has 2 N–H and O–H groups in total. The van der Waals surface area contributed by atoms with E-state index in [0.29, 0.717) is 18.6 Å². The number of nitrogens with zero attached hydrogens (tertiary/aromatic N) is 2. The molecule has 3 rings (SSSR count). The fraction of sp³-hybridized carbons (Fsp3) is 0.462. The van der Waals surface area contributed by atoms with Gasteiger partial charge in [0.1, 0.15) is 5.65 Å². The first-order valence-electron chi connectivity index (χ1n) is 6.77. The number of fused-ring (bicyclic) bond motifs is 1. The third-order valence-corrected chi connectivity index (χ3v) is 5.60. The van der Waals surface area contributed by atoms with Crippen molar-refractivity contribution in [3.63, 3.8) is 0 Å². The molecule has 1 fully saturated rings. The zero-order valence-electron chi connectivity index (χ0n) is 11.2. The van der Waals surface area contributed by atoms with Crippen LogP contribution in [0.2, 0.25) is 5.15 Å². The first kappa shape index (κ1) is 14.8. The molecular weight excluding hydrogens is 314 g/mol. The molecule has 2 aromatic rings. The molecule has 0 aliphatic heterocycles. The summed E-state index contributed by atoms with van der Waals surface area (Å²) in [4.78, 5) is 4.04. The van der Waals surface area contributed by atoms with E-state index < -0.39 is 10.0 Å². The van der Waals surface area contributed by atoms with Crippen molar-refractivity contribution in [1.82, 2.24) is 14.1 Å². The quantitative estimate of drug-likeness (QED) is 0.888. The molecule has 2 atom stereocenters. The monoisotopic (exact) mass is 329 g/mol. The van der Waals surface area contributed by atoms with Crippen molar-refractivity contribution >= 4 is 27.3 Å². The van der Waals surface area contributed by atoms with Gasteiger partial charge in [0.25, 0.3) is 10.0 Å². The van der Waals surface area contributed by atoms with Crippen molar-refractivity contribution in [3.8, 4) is 0 Å². The lowest BCUT2D eigenvalue weighted by molar-refractivity contribution is 0.178. The van der Waals surface area contributed by atoms with Crippen LogP contribution < -0.4 is 4.72 Å². The van der Waals surface area contributed by atoms with E-state index in [9.17, 15) is 13.5 Å². The van der Waals surface area contributed by atoms with Crippen molar-refractivity contribution in [3.05, 3.63) is 29.5 Å². The van der Waals surface area contributed by atoms with E-state index in [0.717, 1.165) is 12.8 Å². The molecule has 1 aliphatic rings. The van der Waals surface area contributed by atoms with Gasteiger partial charge in [-0.05, 0) is 37.3 Å². The molecular formula is C13H16ClN3O3S. The van der Waals surface area contributed by atoms with Crippen molar-refractivity contribution in [2.24, 2.45) is 5.92 Å². The van der Waals surface area contributed by atoms with Crippen LogP contribution in [0.5, 0.6) is 0 Å². The molecule has 1 saturated carbocycles. The summed E-state index contributed by atoms with van der Waals surface area (Å²) < 4.78 is 28.9. The number of aliphatic hydroxyl groups is 1. The Balaban J connectivity index is 1.85. The van der Waals surface area contributed by atoms with Crippen molar-refractivity contribution in [1.29, 1.82) is 0 Å². The highest BCUT2D eigenvalue weighted by atomic mass is 35.5. The molecule has 0 aromatic carbocycles. The maximum atomic E-state index is 12.4. The predicted molar refractivity (Wildman–Crippen MR) is 78.7 cm³/mol. The number of hydrogen-bond acceptors (Lipinski definition) is 4. The Labute approximate surface area is 127 Å². The summed E-state index contributed by atoms with van der Waals surface area (Å²) in [7, 11) is -3.74. The topological polar surface area (TPSA) is 83.7 Å². The second-order valence-corrected chi connectivity index (χ2v) is 7.36. The van der Waals surface area contributed by atoms with Gasteiger partial charge in [-0.1, -0.05) is 17.7 Å². The largest absolute Gasteiger partial charge is 0.393 e. The van der Waals surface area contributed by atoms with Crippen LogP contribution in [0.1, 0.15) is 19.3 Å². The lowest BCUT2D eigenvalue weighted by Crippen LogP contribution is -2.29. The van der Waals surface area contributed by atoms with Gasteiger partial charge in [0.05, 0.1) is 6.10 Å². The summed E-state index contributed by atoms with van der Waals surface area (Å²) in [5.41, 5.74) is 0.485. The Kier molecular flexibility index (Phi) is 3.92. The number of hydrogen-bond donors (Lipinski definition) is 2. The standard InChI is InChI=1S/C13H16ClN3O3S/c14-12-13(17-6-2-1-3-11(17)16-12)21(19,20)15-8-9-4-5-10(18)7-9/h1-3,6,9-10,15,18H,4-5,7-8H2. The van der Waals surface area contributed by atoms with E-state index in [1.807, 2.05) is 0 Å². The molecule has 0 bridgehead atoms. The number of halogens is 1. The number of aromatic nitrogens is 2. The number of pyridine rings is 1. The first-order chi connectivity index (χ1) is 9.97. The van der Waals surface area contributed by atoms with Gasteiger partial charge < -0.3 is 5.11 Å². The molecule has 6 nitrogen and oxygen atoms in total. The highest BCUT2D eigenvalue weighted by Crippen LogP contribution is 2.26. The first-order valence-corrected chi connectivity index (χ1v) is 8.64. The van der Waals surface area contributed by atoms with E-state index in [2.05, 4.69) is 9.71 Å². The maximum Gasteiger partial charge on any atom is 0.259 e. The summed E-state index contributed by atoms with van der Waals surface area (Å²) in [5, 5.41) is 9.40. The molecule has 0 amide bonds. The number of imidazole rings is 1. The Morgan fingerprint density at radius 3 is 2.95 bits per heavy atom. The number of aliphatic hydroxyl groups excluding tert-OH is 1. The molecule has 0 spiro atoms. The van der Waals surface area contributed by atoms with Crippen LogP contribution in [0.15, 0.2) is 29.4 Å². The molecule has 2 heterocycles. The minimum absolute atomic E-state index is 0.0415. The van der Waals surface area contributed by atoms with Crippen molar-refractivity contribution in [2.45, 2.75) is 30.4 Å². The summed E-state index contributed by atoms with van der Waals surface area (Å²) in [5.74, 6) is 0.160. The van der Waals surface area contributed by atoms with Crippen LogP contribution in [0.25, 0.3) is 5.65 Å². The Hall–Kier alpha value is -1.15. The smallest absolute Gasteiger partial charge is 0.259 e. The average molecular weight is 330 g/mol. The van der Waals surface area contributed by atoms with Gasteiger partial charge in [0.15, 0.2) is 10.2 Å². The Bertz CT molecular complexity index is 759. The molecule has 114 valence electrons. The third kappa shape index (κ3) is 2.91. The third-order valence-electron chi connectivity index (χ3n) is 3.78. The van der Waals surface area contributed by atoms with E-state index in [1.165, 1.54) is 4.40 Å². The molecule has 8 heteroatoms. The van der Waals surface area contributed by atoms with Crippen molar-refractivity contribution in [2.75, 3.05) is 6.54 Å². The van der Waals surface area contributed by atoms with Gasteiger partial charge in [0, 0.05) is 12.7 Å². The predicted octanol–water partition coefficient (Wildman–Crippen LogP) is 1.43.